The van der Waals surface area contributed by atoms with E-state index in [0.717, 1.165) is 0 Å². The minimum absolute atomic E-state index is 0.417. The minimum atomic E-state index is 0.417. The minimum Gasteiger partial charge on any atom is -0.148 e. The van der Waals surface area contributed by atoms with Crippen LogP contribution in [0.25, 0.3) is 0 Å². The highest BCUT2D eigenvalue weighted by molar-refractivity contribution is 7.10. The molecular weight excluding hydrogens is 176 g/mol. The van der Waals surface area contributed by atoms with Gasteiger partial charge in [-0.1, -0.05) is 27.7 Å². The molecule has 0 nitrogen and oxygen atoms in total. The molecule has 0 atom stereocenters. The maximum Gasteiger partial charge on any atom is 0.00824 e. The van der Waals surface area contributed by atoms with Crippen molar-refractivity contribution in [2.75, 3.05) is 0 Å². The number of hydrogen-bond donors (Lipinski definition) is 0. The quantitative estimate of drug-likeness (QED) is 0.665. The highest BCUT2D eigenvalue weighted by Gasteiger charge is 2.15. The van der Waals surface area contributed by atoms with Gasteiger partial charge >= 0.3 is 0 Å². The summed E-state index contributed by atoms with van der Waals surface area (Å²) >= 11 is 1.93. The van der Waals surface area contributed by atoms with E-state index in [1.54, 1.807) is 4.88 Å². The first-order valence-electron chi connectivity index (χ1n) is 5.00. The van der Waals surface area contributed by atoms with E-state index in [4.69, 9.17) is 0 Å². The Balaban J connectivity index is 2.84. The first-order valence-corrected chi connectivity index (χ1v) is 5.88. The van der Waals surface area contributed by atoms with Gasteiger partial charge in [-0.05, 0) is 41.7 Å². The third-order valence-electron chi connectivity index (χ3n) is 2.32. The molecule has 0 N–H and O–H groups in total. The van der Waals surface area contributed by atoms with Gasteiger partial charge in [0.25, 0.3) is 0 Å². The molecule has 0 saturated carbocycles. The average molecular weight is 196 g/mol. The molecule has 1 rings (SSSR count). The van der Waals surface area contributed by atoms with E-state index in [-0.39, 0.29) is 0 Å². The lowest BCUT2D eigenvalue weighted by atomic mass is 9.90. The smallest absolute Gasteiger partial charge is 0.00824 e. The van der Waals surface area contributed by atoms with Crippen molar-refractivity contribution in [3.8, 4) is 0 Å². The van der Waals surface area contributed by atoms with Crippen molar-refractivity contribution < 1.29 is 0 Å². The van der Waals surface area contributed by atoms with Gasteiger partial charge in [0, 0.05) is 4.88 Å². The Bertz CT molecular complexity index is 276. The lowest BCUT2D eigenvalue weighted by molar-refractivity contribution is 0.414. The second kappa shape index (κ2) is 3.83. The summed E-state index contributed by atoms with van der Waals surface area (Å²) in [5.41, 5.74) is 3.48. The van der Waals surface area contributed by atoms with Crippen molar-refractivity contribution in [2.45, 2.75) is 47.5 Å². The number of rotatable bonds is 2. The molecule has 0 radical (unpaired) electrons. The van der Waals surface area contributed by atoms with Crippen molar-refractivity contribution in [3.05, 3.63) is 21.4 Å². The summed E-state index contributed by atoms with van der Waals surface area (Å²) in [6.45, 7) is 11.4. The first kappa shape index (κ1) is 10.8. The molecule has 0 amide bonds. The van der Waals surface area contributed by atoms with E-state index in [0.29, 0.717) is 5.41 Å². The molecule has 0 bridgehead atoms. The third-order valence-corrected chi connectivity index (χ3v) is 3.45. The van der Waals surface area contributed by atoms with Crippen LogP contribution < -0.4 is 0 Å². The van der Waals surface area contributed by atoms with Gasteiger partial charge in [-0.2, -0.15) is 0 Å². The van der Waals surface area contributed by atoms with Crippen LogP contribution in [0.4, 0.5) is 0 Å². The van der Waals surface area contributed by atoms with Crippen LogP contribution in [0, 0.1) is 12.3 Å². The highest BCUT2D eigenvalue weighted by Crippen LogP contribution is 2.29. The standard InChI is InChI=1S/C12H20S/c1-6-10-8-13-11(9(10)2)7-12(3,4)5/h8H,6-7H2,1-5H3. The van der Waals surface area contributed by atoms with Crippen molar-refractivity contribution in [1.82, 2.24) is 0 Å². The fourth-order valence-electron chi connectivity index (χ4n) is 1.50. The maximum atomic E-state index is 2.32. The van der Waals surface area contributed by atoms with Crippen LogP contribution in [-0.4, -0.2) is 0 Å². The van der Waals surface area contributed by atoms with Gasteiger partial charge < -0.3 is 0 Å². The van der Waals surface area contributed by atoms with Crippen LogP contribution in [-0.2, 0) is 12.8 Å². The van der Waals surface area contributed by atoms with E-state index in [9.17, 15) is 0 Å². The van der Waals surface area contributed by atoms with Crippen LogP contribution in [0.5, 0.6) is 0 Å². The predicted molar refractivity (Wildman–Crippen MR) is 61.6 cm³/mol. The van der Waals surface area contributed by atoms with E-state index < -0.39 is 0 Å². The lowest BCUT2D eigenvalue weighted by Crippen LogP contribution is -2.08. The average Bonchev–Trinajstić information content (AvgIpc) is 2.30. The Morgan fingerprint density at radius 1 is 1.31 bits per heavy atom. The number of aryl methyl sites for hydroxylation is 1. The molecule has 0 saturated heterocycles. The molecule has 0 aliphatic carbocycles. The van der Waals surface area contributed by atoms with Gasteiger partial charge in [0.15, 0.2) is 0 Å². The SMILES string of the molecule is CCc1csc(CC(C)(C)C)c1C. The summed E-state index contributed by atoms with van der Waals surface area (Å²) < 4.78 is 0. The molecule has 1 heteroatoms. The fraction of sp³-hybridized carbons (Fsp3) is 0.667. The van der Waals surface area contributed by atoms with Crippen molar-refractivity contribution in [2.24, 2.45) is 5.41 Å². The Labute approximate surface area is 86.0 Å². The molecule has 1 aromatic rings. The van der Waals surface area contributed by atoms with E-state index in [2.05, 4.69) is 40.0 Å². The normalized spacial score (nSPS) is 12.1. The molecule has 0 unspecified atom stereocenters. The molecule has 13 heavy (non-hydrogen) atoms. The molecule has 0 aliphatic rings. The van der Waals surface area contributed by atoms with Gasteiger partial charge in [-0.3, -0.25) is 0 Å². The Morgan fingerprint density at radius 3 is 2.31 bits per heavy atom. The Hall–Kier alpha value is -0.300. The molecule has 0 spiro atoms. The van der Waals surface area contributed by atoms with E-state index >= 15 is 0 Å². The van der Waals surface area contributed by atoms with Gasteiger partial charge in [-0.15, -0.1) is 11.3 Å². The summed E-state index contributed by atoms with van der Waals surface area (Å²) in [5.74, 6) is 0. The van der Waals surface area contributed by atoms with Crippen LogP contribution >= 0.6 is 11.3 Å². The zero-order chi connectivity index (χ0) is 10.1. The fourth-order valence-corrected chi connectivity index (χ4v) is 2.95. The summed E-state index contributed by atoms with van der Waals surface area (Å²) in [7, 11) is 0. The van der Waals surface area contributed by atoms with Gasteiger partial charge in [0.2, 0.25) is 0 Å². The first-order chi connectivity index (χ1) is 5.94. The maximum absolute atomic E-state index is 2.32. The van der Waals surface area contributed by atoms with Gasteiger partial charge in [0.1, 0.15) is 0 Å². The molecule has 1 heterocycles. The zero-order valence-corrected chi connectivity index (χ0v) is 10.2. The number of thiophene rings is 1. The number of hydrogen-bond acceptors (Lipinski definition) is 1. The monoisotopic (exact) mass is 196 g/mol. The molecule has 74 valence electrons. The van der Waals surface area contributed by atoms with Crippen molar-refractivity contribution >= 4 is 11.3 Å². The van der Waals surface area contributed by atoms with Gasteiger partial charge in [-0.25, -0.2) is 0 Å². The second-order valence-corrected chi connectivity index (χ2v) is 5.86. The molecule has 0 aliphatic heterocycles. The molecule has 1 aromatic heterocycles. The highest BCUT2D eigenvalue weighted by atomic mass is 32.1. The zero-order valence-electron chi connectivity index (χ0n) is 9.40. The van der Waals surface area contributed by atoms with Crippen LogP contribution in [0.2, 0.25) is 0 Å². The van der Waals surface area contributed by atoms with Crippen molar-refractivity contribution in [3.63, 3.8) is 0 Å². The Kier molecular flexibility index (Phi) is 3.18. The molecule has 0 aromatic carbocycles. The van der Waals surface area contributed by atoms with E-state index in [1.807, 2.05) is 11.3 Å². The molecule has 0 fully saturated rings. The second-order valence-electron chi connectivity index (χ2n) is 4.90. The summed E-state index contributed by atoms with van der Waals surface area (Å²) in [5, 5.41) is 2.32. The Morgan fingerprint density at radius 2 is 1.92 bits per heavy atom. The summed E-state index contributed by atoms with van der Waals surface area (Å²) in [6.07, 6.45) is 2.38. The molecular formula is C12H20S. The largest absolute Gasteiger partial charge is 0.148 e. The van der Waals surface area contributed by atoms with Crippen LogP contribution in [0.3, 0.4) is 0 Å². The predicted octanol–water partition coefficient (Wildman–Crippen LogP) is 4.21. The van der Waals surface area contributed by atoms with E-state index in [1.165, 1.54) is 24.0 Å². The van der Waals surface area contributed by atoms with Crippen LogP contribution in [0.1, 0.15) is 43.7 Å². The summed E-state index contributed by atoms with van der Waals surface area (Å²) in [4.78, 5) is 1.57. The van der Waals surface area contributed by atoms with Gasteiger partial charge in [0.05, 0.1) is 0 Å². The third kappa shape index (κ3) is 2.84. The lowest BCUT2D eigenvalue weighted by Gasteiger charge is -2.17. The topological polar surface area (TPSA) is 0 Å². The van der Waals surface area contributed by atoms with Crippen molar-refractivity contribution in [1.29, 1.82) is 0 Å². The summed E-state index contributed by atoms with van der Waals surface area (Å²) in [6, 6.07) is 0. The van der Waals surface area contributed by atoms with Crippen LogP contribution in [0.15, 0.2) is 5.38 Å².